The number of primary amides is 1. The predicted molar refractivity (Wildman–Crippen MR) is 60.1 cm³/mol. The van der Waals surface area contributed by atoms with Gasteiger partial charge in [0.2, 0.25) is 5.91 Å². The number of aliphatic hydroxyl groups excluding tert-OH is 1. The Morgan fingerprint density at radius 1 is 1.18 bits per heavy atom. The number of carbonyl (C=O) groups is 2. The van der Waals surface area contributed by atoms with E-state index in [9.17, 15) is 9.59 Å². The molecule has 92 valence electrons. The van der Waals surface area contributed by atoms with E-state index in [1.807, 2.05) is 0 Å². The SMILES string of the molecule is NC(=O)c1ccc(C(=O)NCCC(O)O)cc1. The van der Waals surface area contributed by atoms with Crippen LogP contribution in [0.15, 0.2) is 24.3 Å². The fourth-order valence-electron chi connectivity index (χ4n) is 1.20. The maximum atomic E-state index is 11.5. The molecule has 0 saturated carbocycles. The van der Waals surface area contributed by atoms with E-state index >= 15 is 0 Å². The van der Waals surface area contributed by atoms with Crippen LogP contribution in [0.3, 0.4) is 0 Å². The molecule has 1 aromatic carbocycles. The van der Waals surface area contributed by atoms with Crippen molar-refractivity contribution in [2.24, 2.45) is 5.73 Å². The van der Waals surface area contributed by atoms with Crippen molar-refractivity contribution in [2.75, 3.05) is 6.54 Å². The highest BCUT2D eigenvalue weighted by Crippen LogP contribution is 2.03. The van der Waals surface area contributed by atoms with Crippen LogP contribution in [0.1, 0.15) is 27.1 Å². The Morgan fingerprint density at radius 3 is 2.18 bits per heavy atom. The normalized spacial score (nSPS) is 10.3. The number of nitrogens with one attached hydrogen (secondary N) is 1. The molecule has 0 fully saturated rings. The molecule has 17 heavy (non-hydrogen) atoms. The molecule has 0 heterocycles. The monoisotopic (exact) mass is 238 g/mol. The molecule has 0 unspecified atom stereocenters. The van der Waals surface area contributed by atoms with Gasteiger partial charge in [-0.05, 0) is 24.3 Å². The summed E-state index contributed by atoms with van der Waals surface area (Å²) in [4.78, 5) is 22.3. The van der Waals surface area contributed by atoms with Crippen molar-refractivity contribution in [3.8, 4) is 0 Å². The number of benzene rings is 1. The van der Waals surface area contributed by atoms with Gasteiger partial charge >= 0.3 is 0 Å². The summed E-state index contributed by atoms with van der Waals surface area (Å²) < 4.78 is 0. The summed E-state index contributed by atoms with van der Waals surface area (Å²) in [5.41, 5.74) is 5.76. The fraction of sp³-hybridized carbons (Fsp3) is 0.273. The molecular formula is C11H14N2O4. The molecule has 0 bridgehead atoms. The van der Waals surface area contributed by atoms with Crippen molar-refractivity contribution in [1.82, 2.24) is 5.32 Å². The van der Waals surface area contributed by atoms with Crippen LogP contribution in [-0.2, 0) is 0 Å². The van der Waals surface area contributed by atoms with Gasteiger partial charge in [0.25, 0.3) is 5.91 Å². The summed E-state index contributed by atoms with van der Waals surface area (Å²) in [6.45, 7) is 0.161. The Balaban J connectivity index is 2.55. The van der Waals surface area contributed by atoms with E-state index in [4.69, 9.17) is 15.9 Å². The fourth-order valence-corrected chi connectivity index (χ4v) is 1.20. The summed E-state index contributed by atoms with van der Waals surface area (Å²) >= 11 is 0. The van der Waals surface area contributed by atoms with Crippen LogP contribution in [0.25, 0.3) is 0 Å². The topological polar surface area (TPSA) is 113 Å². The van der Waals surface area contributed by atoms with Crippen LogP contribution in [0.2, 0.25) is 0 Å². The van der Waals surface area contributed by atoms with Gasteiger partial charge in [-0.3, -0.25) is 9.59 Å². The number of rotatable bonds is 5. The Hall–Kier alpha value is -1.92. The van der Waals surface area contributed by atoms with Gasteiger partial charge in [-0.25, -0.2) is 0 Å². The average molecular weight is 238 g/mol. The lowest BCUT2D eigenvalue weighted by Crippen LogP contribution is -2.27. The number of carbonyl (C=O) groups excluding carboxylic acids is 2. The third kappa shape index (κ3) is 4.21. The quantitative estimate of drug-likeness (QED) is 0.504. The van der Waals surface area contributed by atoms with Crippen LogP contribution in [0.5, 0.6) is 0 Å². The summed E-state index contributed by atoms with van der Waals surface area (Å²) in [6.07, 6.45) is -1.38. The summed E-state index contributed by atoms with van der Waals surface area (Å²) in [5, 5.41) is 19.7. The van der Waals surface area contributed by atoms with Crippen LogP contribution in [-0.4, -0.2) is 34.9 Å². The highest BCUT2D eigenvalue weighted by Gasteiger charge is 2.07. The van der Waals surface area contributed by atoms with Crippen LogP contribution < -0.4 is 11.1 Å². The average Bonchev–Trinajstić information content (AvgIpc) is 2.28. The minimum Gasteiger partial charge on any atom is -0.368 e. The highest BCUT2D eigenvalue weighted by molar-refractivity contribution is 5.97. The van der Waals surface area contributed by atoms with Gasteiger partial charge in [-0.15, -0.1) is 0 Å². The molecule has 0 atom stereocenters. The molecule has 6 heteroatoms. The van der Waals surface area contributed by atoms with E-state index in [0.717, 1.165) is 0 Å². The van der Waals surface area contributed by atoms with Gasteiger partial charge in [-0.2, -0.15) is 0 Å². The van der Waals surface area contributed by atoms with E-state index < -0.39 is 12.2 Å². The maximum absolute atomic E-state index is 11.5. The first-order valence-electron chi connectivity index (χ1n) is 5.05. The van der Waals surface area contributed by atoms with Crippen molar-refractivity contribution in [3.05, 3.63) is 35.4 Å². The first kappa shape index (κ1) is 13.1. The second-order valence-corrected chi connectivity index (χ2v) is 3.47. The van der Waals surface area contributed by atoms with Crippen molar-refractivity contribution in [2.45, 2.75) is 12.7 Å². The van der Waals surface area contributed by atoms with Crippen LogP contribution in [0, 0.1) is 0 Å². The Kier molecular flexibility index (Phi) is 4.62. The molecular weight excluding hydrogens is 224 g/mol. The zero-order valence-electron chi connectivity index (χ0n) is 9.09. The smallest absolute Gasteiger partial charge is 0.251 e. The molecule has 2 amide bonds. The first-order valence-corrected chi connectivity index (χ1v) is 5.05. The largest absolute Gasteiger partial charge is 0.368 e. The Morgan fingerprint density at radius 2 is 1.71 bits per heavy atom. The lowest BCUT2D eigenvalue weighted by atomic mass is 10.1. The molecule has 0 radical (unpaired) electrons. The minimum atomic E-state index is -1.44. The van der Waals surface area contributed by atoms with E-state index in [0.29, 0.717) is 11.1 Å². The second kappa shape index (κ2) is 5.97. The summed E-state index contributed by atoms with van der Waals surface area (Å²) in [6, 6.07) is 5.87. The standard InChI is InChI=1S/C11H14N2O4/c12-10(16)7-1-3-8(4-2-7)11(17)13-6-5-9(14)15/h1-4,9,14-15H,5-6H2,(H2,12,16)(H,13,17). The molecule has 0 aliphatic heterocycles. The number of hydrogen-bond acceptors (Lipinski definition) is 4. The van der Waals surface area contributed by atoms with Crippen LogP contribution in [0.4, 0.5) is 0 Å². The van der Waals surface area contributed by atoms with Gasteiger partial charge in [0, 0.05) is 24.1 Å². The zero-order valence-corrected chi connectivity index (χ0v) is 9.09. The Labute approximate surface area is 98.1 Å². The molecule has 0 aliphatic rings. The van der Waals surface area contributed by atoms with E-state index in [-0.39, 0.29) is 18.9 Å². The molecule has 5 N–H and O–H groups in total. The lowest BCUT2D eigenvalue weighted by Gasteiger charge is -2.06. The van der Waals surface area contributed by atoms with Gasteiger partial charge in [0.1, 0.15) is 0 Å². The number of hydrogen-bond donors (Lipinski definition) is 4. The van der Waals surface area contributed by atoms with Gasteiger partial charge in [0.15, 0.2) is 6.29 Å². The summed E-state index contributed by atoms with van der Waals surface area (Å²) in [5.74, 6) is -0.901. The van der Waals surface area contributed by atoms with Crippen molar-refractivity contribution in [3.63, 3.8) is 0 Å². The van der Waals surface area contributed by atoms with Crippen molar-refractivity contribution >= 4 is 11.8 Å². The highest BCUT2D eigenvalue weighted by atomic mass is 16.5. The van der Waals surface area contributed by atoms with Crippen LogP contribution >= 0.6 is 0 Å². The minimum absolute atomic E-state index is 0.0606. The molecule has 1 rings (SSSR count). The zero-order chi connectivity index (χ0) is 12.8. The van der Waals surface area contributed by atoms with Gasteiger partial charge in [-0.1, -0.05) is 0 Å². The van der Waals surface area contributed by atoms with Crippen molar-refractivity contribution in [1.29, 1.82) is 0 Å². The molecule has 0 saturated heterocycles. The first-order chi connectivity index (χ1) is 8.00. The molecule has 0 aromatic heterocycles. The molecule has 0 spiro atoms. The maximum Gasteiger partial charge on any atom is 0.251 e. The summed E-state index contributed by atoms with van der Waals surface area (Å²) in [7, 11) is 0. The number of amides is 2. The second-order valence-electron chi connectivity index (χ2n) is 3.47. The predicted octanol–water partition coefficient (Wildman–Crippen LogP) is -0.784. The van der Waals surface area contributed by atoms with Gasteiger partial charge < -0.3 is 21.3 Å². The van der Waals surface area contributed by atoms with E-state index in [1.54, 1.807) is 0 Å². The van der Waals surface area contributed by atoms with E-state index in [1.165, 1.54) is 24.3 Å². The Bertz CT molecular complexity index is 400. The number of aliphatic hydroxyl groups is 2. The van der Waals surface area contributed by atoms with Gasteiger partial charge in [0.05, 0.1) is 0 Å². The molecule has 6 nitrogen and oxygen atoms in total. The van der Waals surface area contributed by atoms with Crippen molar-refractivity contribution < 1.29 is 19.8 Å². The molecule has 1 aromatic rings. The lowest BCUT2D eigenvalue weighted by molar-refractivity contribution is -0.0440. The van der Waals surface area contributed by atoms with E-state index in [2.05, 4.69) is 5.32 Å². The third-order valence-electron chi connectivity index (χ3n) is 2.12. The number of nitrogens with two attached hydrogens (primary N) is 1. The molecule has 0 aliphatic carbocycles. The third-order valence-corrected chi connectivity index (χ3v) is 2.12.